The quantitative estimate of drug-likeness (QED) is 0.777. The molecule has 6 unspecified atom stereocenters. The number of alkyl halides is 3. The molecule has 0 aliphatic heterocycles. The van der Waals surface area contributed by atoms with Gasteiger partial charge in [0, 0.05) is 5.92 Å². The number of ether oxygens (including phenoxy) is 1. The van der Waals surface area contributed by atoms with E-state index < -0.39 is 48.2 Å². The third-order valence-electron chi connectivity index (χ3n) is 4.90. The maximum absolute atomic E-state index is 13.0. The van der Waals surface area contributed by atoms with E-state index in [-0.39, 0.29) is 5.92 Å². The van der Waals surface area contributed by atoms with Crippen LogP contribution in [0.15, 0.2) is 0 Å². The van der Waals surface area contributed by atoms with Gasteiger partial charge in [-0.15, -0.1) is 0 Å². The predicted octanol–water partition coefficient (Wildman–Crippen LogP) is 1.64. The Morgan fingerprint density at radius 3 is 2.25 bits per heavy atom. The van der Waals surface area contributed by atoms with Crippen molar-refractivity contribution in [1.29, 1.82) is 0 Å². The lowest BCUT2D eigenvalue weighted by Gasteiger charge is -2.34. The van der Waals surface area contributed by atoms with Crippen LogP contribution < -0.4 is 0 Å². The minimum Gasteiger partial charge on any atom is -0.461 e. The molecule has 7 heteroatoms. The lowest BCUT2D eigenvalue weighted by atomic mass is 9.86. The minimum atomic E-state index is -4.67. The molecular formula is C13H19F3O4. The maximum Gasteiger partial charge on any atom is 0.404 e. The summed E-state index contributed by atoms with van der Waals surface area (Å²) < 4.78 is 43.9. The van der Waals surface area contributed by atoms with Crippen LogP contribution in [0.1, 0.15) is 33.1 Å². The minimum absolute atomic E-state index is 0.202. The molecule has 116 valence electrons. The summed E-state index contributed by atoms with van der Waals surface area (Å²) >= 11 is 0. The molecule has 4 nitrogen and oxygen atoms in total. The number of halogens is 3. The smallest absolute Gasteiger partial charge is 0.404 e. The number of aliphatic hydroxyl groups is 2. The van der Waals surface area contributed by atoms with Gasteiger partial charge in [-0.05, 0) is 32.1 Å². The van der Waals surface area contributed by atoms with Crippen molar-refractivity contribution in [2.45, 2.75) is 57.6 Å². The third kappa shape index (κ3) is 2.20. The molecule has 2 rings (SSSR count). The number of hydrogen-bond donors (Lipinski definition) is 2. The van der Waals surface area contributed by atoms with Gasteiger partial charge in [0.05, 0.1) is 12.2 Å². The summed E-state index contributed by atoms with van der Waals surface area (Å²) in [6, 6.07) is 0. The van der Waals surface area contributed by atoms with E-state index in [4.69, 9.17) is 4.74 Å². The van der Waals surface area contributed by atoms with Crippen LogP contribution in [0.2, 0.25) is 0 Å². The van der Waals surface area contributed by atoms with Crippen molar-refractivity contribution in [2.24, 2.45) is 17.3 Å². The lowest BCUT2D eigenvalue weighted by Crippen LogP contribution is -2.47. The van der Waals surface area contributed by atoms with Gasteiger partial charge in [0.1, 0.15) is 6.10 Å². The van der Waals surface area contributed by atoms with Gasteiger partial charge in [0.15, 0.2) is 5.41 Å². The second-order valence-electron chi connectivity index (χ2n) is 6.00. The Balaban J connectivity index is 2.06. The maximum atomic E-state index is 13.0. The molecule has 2 fully saturated rings. The highest BCUT2D eigenvalue weighted by Gasteiger charge is 2.59. The highest BCUT2D eigenvalue weighted by atomic mass is 19.4. The predicted molar refractivity (Wildman–Crippen MR) is 62.6 cm³/mol. The Hall–Kier alpha value is -0.820. The molecule has 20 heavy (non-hydrogen) atoms. The zero-order valence-corrected chi connectivity index (χ0v) is 11.4. The summed E-state index contributed by atoms with van der Waals surface area (Å²) in [5.41, 5.74) is -2.53. The average molecular weight is 296 g/mol. The number of carbonyl (C=O) groups excluding carboxylic acids is 1. The molecular weight excluding hydrogens is 277 g/mol. The van der Waals surface area contributed by atoms with E-state index in [1.807, 2.05) is 0 Å². The molecule has 0 saturated heterocycles. The van der Waals surface area contributed by atoms with Gasteiger partial charge in [-0.25, -0.2) is 0 Å². The van der Waals surface area contributed by atoms with Gasteiger partial charge in [-0.1, -0.05) is 6.92 Å². The summed E-state index contributed by atoms with van der Waals surface area (Å²) in [5, 5.41) is 19.3. The van der Waals surface area contributed by atoms with Gasteiger partial charge in [0.25, 0.3) is 0 Å². The molecule has 0 amide bonds. The zero-order valence-electron chi connectivity index (χ0n) is 11.4. The Morgan fingerprint density at radius 2 is 1.85 bits per heavy atom. The summed E-state index contributed by atoms with van der Waals surface area (Å²) in [6.45, 7) is 2.11. The van der Waals surface area contributed by atoms with Crippen molar-refractivity contribution in [2.75, 3.05) is 0 Å². The second kappa shape index (κ2) is 4.87. The molecule has 2 aliphatic rings. The summed E-state index contributed by atoms with van der Waals surface area (Å²) in [7, 11) is 0. The van der Waals surface area contributed by atoms with Crippen molar-refractivity contribution < 1.29 is 32.9 Å². The molecule has 0 aromatic rings. The third-order valence-corrected chi connectivity index (χ3v) is 4.90. The Labute approximate surface area is 114 Å². The van der Waals surface area contributed by atoms with Gasteiger partial charge in [0.2, 0.25) is 0 Å². The normalized spacial score (nSPS) is 39.6. The van der Waals surface area contributed by atoms with Crippen molar-refractivity contribution in [3.05, 3.63) is 0 Å². The number of esters is 1. The zero-order chi connectivity index (χ0) is 15.3. The van der Waals surface area contributed by atoms with E-state index in [2.05, 4.69) is 0 Å². The van der Waals surface area contributed by atoms with Crippen LogP contribution in [0, 0.1) is 17.3 Å². The standard InChI is InChI=1S/C13H19F3O4/c1-3-12(2,13(14,15)16)11(19)20-8-5-6-4-7(8)10(18)9(6)17/h6-10,17-18H,3-5H2,1-2H3. The van der Waals surface area contributed by atoms with Crippen LogP contribution in [0.5, 0.6) is 0 Å². The first-order valence-corrected chi connectivity index (χ1v) is 6.75. The van der Waals surface area contributed by atoms with Crippen LogP contribution in [-0.4, -0.2) is 40.7 Å². The van der Waals surface area contributed by atoms with Gasteiger partial charge in [-0.2, -0.15) is 13.2 Å². The number of hydrogen-bond acceptors (Lipinski definition) is 4. The molecule has 2 aliphatic carbocycles. The molecule has 6 atom stereocenters. The van der Waals surface area contributed by atoms with Crippen LogP contribution in [0.4, 0.5) is 13.2 Å². The highest BCUT2D eigenvalue weighted by molar-refractivity contribution is 5.77. The first-order chi connectivity index (χ1) is 9.11. The van der Waals surface area contributed by atoms with Gasteiger partial charge < -0.3 is 14.9 Å². The molecule has 2 bridgehead atoms. The summed E-state index contributed by atoms with van der Waals surface area (Å²) in [6.07, 6.45) is -6.91. The second-order valence-corrected chi connectivity index (χ2v) is 6.00. The number of fused-ring (bicyclic) bond motifs is 2. The SMILES string of the molecule is CCC(C)(C(=O)OC1CC2CC1C(O)C2O)C(F)(F)F. The highest BCUT2D eigenvalue weighted by Crippen LogP contribution is 2.48. The molecule has 0 spiro atoms. The number of rotatable bonds is 3. The van der Waals surface area contributed by atoms with Crippen LogP contribution >= 0.6 is 0 Å². The Kier molecular flexibility index (Phi) is 3.79. The molecule has 0 radical (unpaired) electrons. The van der Waals surface area contributed by atoms with Gasteiger partial charge >= 0.3 is 12.1 Å². The number of carbonyl (C=O) groups is 1. The van der Waals surface area contributed by atoms with Crippen molar-refractivity contribution >= 4 is 5.97 Å². The van der Waals surface area contributed by atoms with Crippen molar-refractivity contribution in [1.82, 2.24) is 0 Å². The van der Waals surface area contributed by atoms with Crippen molar-refractivity contribution in [3.8, 4) is 0 Å². The fourth-order valence-electron chi connectivity index (χ4n) is 3.10. The monoisotopic (exact) mass is 296 g/mol. The Bertz CT molecular complexity index is 396. The molecule has 0 aromatic carbocycles. The van der Waals surface area contributed by atoms with Gasteiger partial charge in [-0.3, -0.25) is 4.79 Å². The lowest BCUT2D eigenvalue weighted by molar-refractivity contribution is -0.235. The molecule has 0 aromatic heterocycles. The van der Waals surface area contributed by atoms with Crippen LogP contribution in [-0.2, 0) is 9.53 Å². The molecule has 2 N–H and O–H groups in total. The molecule has 2 saturated carbocycles. The van der Waals surface area contributed by atoms with E-state index in [0.29, 0.717) is 12.8 Å². The summed E-state index contributed by atoms with van der Waals surface area (Å²) in [4.78, 5) is 11.9. The fourth-order valence-corrected chi connectivity index (χ4v) is 3.10. The Morgan fingerprint density at radius 1 is 1.25 bits per heavy atom. The first-order valence-electron chi connectivity index (χ1n) is 6.75. The van der Waals surface area contributed by atoms with Crippen molar-refractivity contribution in [3.63, 3.8) is 0 Å². The largest absolute Gasteiger partial charge is 0.461 e. The number of aliphatic hydroxyl groups excluding tert-OH is 2. The first kappa shape index (κ1) is 15.6. The van der Waals surface area contributed by atoms with E-state index in [1.54, 1.807) is 0 Å². The van der Waals surface area contributed by atoms with E-state index >= 15 is 0 Å². The fraction of sp³-hybridized carbons (Fsp3) is 0.923. The van der Waals surface area contributed by atoms with E-state index in [9.17, 15) is 28.2 Å². The summed E-state index contributed by atoms with van der Waals surface area (Å²) in [5.74, 6) is -1.97. The molecule has 0 heterocycles. The van der Waals surface area contributed by atoms with E-state index in [0.717, 1.165) is 6.92 Å². The topological polar surface area (TPSA) is 66.8 Å². The van der Waals surface area contributed by atoms with E-state index in [1.165, 1.54) is 6.92 Å². The van der Waals surface area contributed by atoms with Crippen LogP contribution in [0.25, 0.3) is 0 Å². The van der Waals surface area contributed by atoms with Crippen LogP contribution in [0.3, 0.4) is 0 Å². The average Bonchev–Trinajstić information content (AvgIpc) is 2.87.